The molecule has 0 saturated heterocycles. The highest BCUT2D eigenvalue weighted by Crippen LogP contribution is 2.50. The summed E-state index contributed by atoms with van der Waals surface area (Å²) >= 11 is 0. The first-order chi connectivity index (χ1) is 12.2. The number of nitrogen functional groups attached to an aromatic ring is 1. The zero-order chi connectivity index (χ0) is 18.7. The molecule has 3 aromatic carbocycles. The maximum atomic E-state index is 6.54. The van der Waals surface area contributed by atoms with E-state index in [0.29, 0.717) is 0 Å². The average Bonchev–Trinajstić information content (AvgIpc) is 2.81. The van der Waals surface area contributed by atoms with Crippen LogP contribution in [0.5, 0.6) is 0 Å². The van der Waals surface area contributed by atoms with Gasteiger partial charge in [0.2, 0.25) is 0 Å². The number of benzene rings is 3. The van der Waals surface area contributed by atoms with Gasteiger partial charge in [0.05, 0.1) is 0 Å². The van der Waals surface area contributed by atoms with Crippen molar-refractivity contribution in [3.63, 3.8) is 0 Å². The molecule has 4 rings (SSSR count). The molecule has 0 radical (unpaired) electrons. The molecule has 0 atom stereocenters. The summed E-state index contributed by atoms with van der Waals surface area (Å²) < 4.78 is 0. The van der Waals surface area contributed by atoms with Crippen LogP contribution in [0, 0.1) is 0 Å². The van der Waals surface area contributed by atoms with Crippen molar-refractivity contribution < 1.29 is 0 Å². The molecule has 1 heteroatoms. The minimum absolute atomic E-state index is 0.00810. The summed E-state index contributed by atoms with van der Waals surface area (Å²) in [5.74, 6) is 0. The van der Waals surface area contributed by atoms with Gasteiger partial charge in [0.15, 0.2) is 0 Å². The summed E-state index contributed by atoms with van der Waals surface area (Å²) in [7, 11) is 0. The summed E-state index contributed by atoms with van der Waals surface area (Å²) in [6, 6.07) is 22.0. The Labute approximate surface area is 156 Å². The van der Waals surface area contributed by atoms with Crippen LogP contribution in [0.1, 0.15) is 51.3 Å². The Morgan fingerprint density at radius 1 is 0.731 bits per heavy atom. The van der Waals surface area contributed by atoms with Crippen molar-refractivity contribution in [1.29, 1.82) is 0 Å². The summed E-state index contributed by atoms with van der Waals surface area (Å²) in [6.45, 7) is 11.3. The van der Waals surface area contributed by atoms with Gasteiger partial charge in [0.1, 0.15) is 0 Å². The van der Waals surface area contributed by atoms with Crippen molar-refractivity contribution in [2.75, 3.05) is 5.73 Å². The van der Waals surface area contributed by atoms with Crippen LogP contribution < -0.4 is 5.73 Å². The van der Waals surface area contributed by atoms with Crippen molar-refractivity contribution in [2.45, 2.75) is 45.4 Å². The number of anilines is 1. The SMILES string of the molecule is CC(C)(C)c1cccc(-c2cc3c(cc2N)C(C)(C)c2ccccc2-3)c1. The third-order valence-corrected chi connectivity index (χ3v) is 5.79. The van der Waals surface area contributed by atoms with Gasteiger partial charge < -0.3 is 5.73 Å². The zero-order valence-electron chi connectivity index (χ0n) is 16.4. The van der Waals surface area contributed by atoms with Crippen molar-refractivity contribution in [1.82, 2.24) is 0 Å². The molecule has 2 N–H and O–H groups in total. The van der Waals surface area contributed by atoms with E-state index in [1.165, 1.54) is 33.4 Å². The Morgan fingerprint density at radius 2 is 1.46 bits per heavy atom. The number of nitrogens with two attached hydrogens (primary N) is 1. The van der Waals surface area contributed by atoms with Crippen molar-refractivity contribution in [3.05, 3.63) is 77.4 Å². The van der Waals surface area contributed by atoms with Crippen LogP contribution >= 0.6 is 0 Å². The van der Waals surface area contributed by atoms with Crippen molar-refractivity contribution >= 4 is 5.69 Å². The highest BCUT2D eigenvalue weighted by molar-refractivity contribution is 5.89. The van der Waals surface area contributed by atoms with E-state index in [1.807, 2.05) is 0 Å². The number of hydrogen-bond acceptors (Lipinski definition) is 1. The lowest BCUT2D eigenvalue weighted by Gasteiger charge is -2.23. The summed E-state index contributed by atoms with van der Waals surface area (Å²) in [5.41, 5.74) is 16.5. The standard InChI is InChI=1S/C25H27N/c1-24(2,3)17-10-8-9-16(13-17)19-14-20-18-11-6-7-12-21(18)25(4,5)22(20)15-23(19)26/h6-15H,26H2,1-5H3. The van der Waals surface area contributed by atoms with Gasteiger partial charge in [-0.2, -0.15) is 0 Å². The molecule has 1 nitrogen and oxygen atoms in total. The molecule has 0 unspecified atom stereocenters. The van der Waals surface area contributed by atoms with Crippen LogP contribution in [-0.2, 0) is 10.8 Å². The molecule has 0 aliphatic heterocycles. The molecule has 0 spiro atoms. The molecule has 26 heavy (non-hydrogen) atoms. The quantitative estimate of drug-likeness (QED) is 0.500. The first kappa shape index (κ1) is 16.9. The fourth-order valence-corrected chi connectivity index (χ4v) is 4.17. The van der Waals surface area contributed by atoms with Gasteiger partial charge in [-0.05, 0) is 50.9 Å². The van der Waals surface area contributed by atoms with Crippen LogP contribution in [-0.4, -0.2) is 0 Å². The van der Waals surface area contributed by atoms with E-state index in [1.54, 1.807) is 0 Å². The number of hydrogen-bond donors (Lipinski definition) is 1. The molecule has 0 aromatic heterocycles. The molecule has 1 aliphatic rings. The predicted molar refractivity (Wildman–Crippen MR) is 113 cm³/mol. The molecule has 3 aromatic rings. The minimum Gasteiger partial charge on any atom is -0.398 e. The molecule has 0 saturated carbocycles. The van der Waals surface area contributed by atoms with Gasteiger partial charge in [-0.3, -0.25) is 0 Å². The molecule has 132 valence electrons. The number of fused-ring (bicyclic) bond motifs is 3. The highest BCUT2D eigenvalue weighted by Gasteiger charge is 2.35. The van der Waals surface area contributed by atoms with Crippen LogP contribution in [0.25, 0.3) is 22.3 Å². The first-order valence-corrected chi connectivity index (χ1v) is 9.34. The van der Waals surface area contributed by atoms with Crippen LogP contribution in [0.4, 0.5) is 5.69 Å². The Kier molecular flexibility index (Phi) is 3.56. The second-order valence-corrected chi connectivity index (χ2v) is 8.99. The Bertz CT molecular complexity index is 1000. The molecule has 0 fully saturated rings. The monoisotopic (exact) mass is 341 g/mol. The zero-order valence-corrected chi connectivity index (χ0v) is 16.4. The van der Waals surface area contributed by atoms with Gasteiger partial charge >= 0.3 is 0 Å². The minimum atomic E-state index is -0.00810. The van der Waals surface area contributed by atoms with Crippen molar-refractivity contribution in [3.8, 4) is 22.3 Å². The van der Waals surface area contributed by atoms with E-state index >= 15 is 0 Å². The third kappa shape index (κ3) is 2.46. The first-order valence-electron chi connectivity index (χ1n) is 9.34. The maximum Gasteiger partial charge on any atom is 0.0397 e. The Morgan fingerprint density at radius 3 is 2.19 bits per heavy atom. The number of rotatable bonds is 1. The molecular formula is C25H27N. The van der Waals surface area contributed by atoms with Gasteiger partial charge in [0.25, 0.3) is 0 Å². The topological polar surface area (TPSA) is 26.0 Å². The van der Waals surface area contributed by atoms with Gasteiger partial charge in [-0.1, -0.05) is 83.1 Å². The molecule has 1 aliphatic carbocycles. The predicted octanol–water partition coefficient (Wildman–Crippen LogP) is 6.54. The Balaban J connectivity index is 1.93. The van der Waals surface area contributed by atoms with Gasteiger partial charge in [0, 0.05) is 16.7 Å². The molecule has 0 bridgehead atoms. The van der Waals surface area contributed by atoms with Crippen LogP contribution in [0.15, 0.2) is 60.7 Å². The van der Waals surface area contributed by atoms with Crippen molar-refractivity contribution in [2.24, 2.45) is 0 Å². The third-order valence-electron chi connectivity index (χ3n) is 5.79. The normalized spacial score (nSPS) is 14.8. The average molecular weight is 341 g/mol. The summed E-state index contributed by atoms with van der Waals surface area (Å²) in [4.78, 5) is 0. The Hall–Kier alpha value is -2.54. The van der Waals surface area contributed by atoms with Crippen LogP contribution in [0.3, 0.4) is 0 Å². The van der Waals surface area contributed by atoms with E-state index in [2.05, 4.69) is 95.3 Å². The van der Waals surface area contributed by atoms with E-state index in [9.17, 15) is 0 Å². The largest absolute Gasteiger partial charge is 0.398 e. The summed E-state index contributed by atoms with van der Waals surface area (Å²) in [6.07, 6.45) is 0. The van der Waals surface area contributed by atoms with E-state index in [4.69, 9.17) is 5.73 Å². The fraction of sp³-hybridized carbons (Fsp3) is 0.280. The molecule has 0 heterocycles. The molecular weight excluding hydrogens is 314 g/mol. The smallest absolute Gasteiger partial charge is 0.0397 e. The second-order valence-electron chi connectivity index (χ2n) is 8.99. The lowest BCUT2D eigenvalue weighted by molar-refractivity contribution is 0.590. The van der Waals surface area contributed by atoms with Gasteiger partial charge in [-0.25, -0.2) is 0 Å². The fourth-order valence-electron chi connectivity index (χ4n) is 4.17. The van der Waals surface area contributed by atoms with E-state index < -0.39 is 0 Å². The highest BCUT2D eigenvalue weighted by atomic mass is 14.6. The lowest BCUT2D eigenvalue weighted by atomic mass is 9.81. The summed E-state index contributed by atoms with van der Waals surface area (Å²) in [5, 5.41) is 0. The molecule has 0 amide bonds. The second kappa shape index (κ2) is 5.48. The maximum absolute atomic E-state index is 6.54. The van der Waals surface area contributed by atoms with E-state index in [0.717, 1.165) is 11.3 Å². The van der Waals surface area contributed by atoms with Gasteiger partial charge in [-0.15, -0.1) is 0 Å². The van der Waals surface area contributed by atoms with E-state index in [-0.39, 0.29) is 10.8 Å². The lowest BCUT2D eigenvalue weighted by Crippen LogP contribution is -2.15. The van der Waals surface area contributed by atoms with Crippen LogP contribution in [0.2, 0.25) is 0 Å².